The molecule has 0 spiro atoms. The molecule has 3 rings (SSSR count). The first kappa shape index (κ1) is 20.3. The van der Waals surface area contributed by atoms with Crippen molar-refractivity contribution >= 4 is 44.6 Å². The van der Waals surface area contributed by atoms with Crippen molar-refractivity contribution in [3.8, 4) is 11.3 Å². The molecule has 9 heteroatoms. The van der Waals surface area contributed by atoms with Crippen LogP contribution in [0.3, 0.4) is 0 Å². The lowest BCUT2D eigenvalue weighted by molar-refractivity contribution is 0.102. The number of nitrogens with one attached hydrogen (secondary N) is 1. The predicted octanol–water partition coefficient (Wildman–Crippen LogP) is 4.50. The largest absolute Gasteiger partial charge is 0.322 e. The van der Waals surface area contributed by atoms with Gasteiger partial charge in [-0.15, -0.1) is 10.2 Å². The van der Waals surface area contributed by atoms with Gasteiger partial charge in [0.05, 0.1) is 22.0 Å². The van der Waals surface area contributed by atoms with Gasteiger partial charge in [-0.1, -0.05) is 42.3 Å². The summed E-state index contributed by atoms with van der Waals surface area (Å²) in [6.45, 7) is 1.55. The summed E-state index contributed by atoms with van der Waals surface area (Å²) in [7, 11) is -3.39. The molecule has 0 saturated carbocycles. The molecule has 0 atom stereocenters. The monoisotopic (exact) mass is 435 g/mol. The first-order chi connectivity index (χ1) is 13.3. The predicted molar refractivity (Wildman–Crippen MR) is 110 cm³/mol. The van der Waals surface area contributed by atoms with Crippen LogP contribution < -0.4 is 5.32 Å². The Labute approximate surface area is 172 Å². The Morgan fingerprint density at radius 2 is 1.71 bits per heavy atom. The Hall–Kier alpha value is -2.48. The van der Waals surface area contributed by atoms with E-state index in [1.807, 2.05) is 0 Å². The normalized spacial score (nSPS) is 11.2. The second kappa shape index (κ2) is 8.26. The van der Waals surface area contributed by atoms with E-state index in [1.165, 1.54) is 12.1 Å². The average Bonchev–Trinajstić information content (AvgIpc) is 2.68. The van der Waals surface area contributed by atoms with Gasteiger partial charge >= 0.3 is 0 Å². The molecule has 0 radical (unpaired) electrons. The molecule has 0 fully saturated rings. The fourth-order valence-electron chi connectivity index (χ4n) is 2.38. The molecule has 0 saturated heterocycles. The molecule has 3 aromatic rings. The first-order valence-corrected chi connectivity index (χ1v) is 10.6. The van der Waals surface area contributed by atoms with Gasteiger partial charge in [-0.05, 0) is 42.5 Å². The molecule has 1 aromatic heterocycles. The lowest BCUT2D eigenvalue weighted by Crippen LogP contribution is -2.12. The van der Waals surface area contributed by atoms with Crippen LogP contribution in [0.2, 0.25) is 10.0 Å². The van der Waals surface area contributed by atoms with Gasteiger partial charge in [-0.2, -0.15) is 0 Å². The van der Waals surface area contributed by atoms with Gasteiger partial charge in [-0.25, -0.2) is 8.42 Å². The lowest BCUT2D eigenvalue weighted by atomic mass is 10.1. The van der Waals surface area contributed by atoms with Crippen molar-refractivity contribution in [3.63, 3.8) is 0 Å². The third kappa shape index (κ3) is 4.49. The maximum absolute atomic E-state index is 12.3. The van der Waals surface area contributed by atoms with Gasteiger partial charge in [0.1, 0.15) is 0 Å². The smallest absolute Gasteiger partial charge is 0.257 e. The number of sulfone groups is 1. The van der Waals surface area contributed by atoms with Crippen LogP contribution in [0.4, 0.5) is 5.69 Å². The molecule has 1 amide bonds. The zero-order valence-electron chi connectivity index (χ0n) is 14.7. The standard InChI is InChI=1S/C19H15Cl2N3O3S/c1-2-28(26,27)18-10-9-17(23-24-18)12-3-6-14(7-4-12)22-19(25)15-8-5-13(20)11-16(15)21/h3-11H,2H2,1H3,(H,22,25). The number of halogens is 2. The molecule has 6 nitrogen and oxygen atoms in total. The fourth-order valence-corrected chi connectivity index (χ4v) is 3.61. The number of nitrogens with zero attached hydrogens (tertiary/aromatic N) is 2. The van der Waals surface area contributed by atoms with E-state index in [9.17, 15) is 13.2 Å². The van der Waals surface area contributed by atoms with E-state index in [0.29, 0.717) is 22.0 Å². The van der Waals surface area contributed by atoms with Crippen LogP contribution in [0.5, 0.6) is 0 Å². The molecule has 144 valence electrons. The van der Waals surface area contributed by atoms with E-state index in [0.717, 1.165) is 5.56 Å². The molecule has 0 bridgehead atoms. The van der Waals surface area contributed by atoms with Crippen molar-refractivity contribution in [3.05, 3.63) is 70.2 Å². The zero-order chi connectivity index (χ0) is 20.3. The number of rotatable bonds is 5. The number of amides is 1. The van der Waals surface area contributed by atoms with Crippen molar-refractivity contribution in [2.75, 3.05) is 11.1 Å². The second-order valence-corrected chi connectivity index (χ2v) is 8.88. The zero-order valence-corrected chi connectivity index (χ0v) is 17.0. The first-order valence-electron chi connectivity index (χ1n) is 8.23. The van der Waals surface area contributed by atoms with E-state index in [4.69, 9.17) is 23.2 Å². The molecule has 2 aromatic carbocycles. The van der Waals surface area contributed by atoms with Gasteiger partial charge in [0.2, 0.25) is 0 Å². The van der Waals surface area contributed by atoms with Crippen LogP contribution in [-0.4, -0.2) is 30.3 Å². The van der Waals surface area contributed by atoms with Crippen LogP contribution in [0.25, 0.3) is 11.3 Å². The van der Waals surface area contributed by atoms with Crippen molar-refractivity contribution < 1.29 is 13.2 Å². The Morgan fingerprint density at radius 1 is 1.00 bits per heavy atom. The van der Waals surface area contributed by atoms with Gasteiger partial charge in [0, 0.05) is 16.3 Å². The minimum Gasteiger partial charge on any atom is -0.322 e. The number of carbonyl (C=O) groups excluding carboxylic acids is 1. The van der Waals surface area contributed by atoms with Crippen LogP contribution >= 0.6 is 23.2 Å². The lowest BCUT2D eigenvalue weighted by Gasteiger charge is -2.08. The van der Waals surface area contributed by atoms with Gasteiger partial charge in [0.15, 0.2) is 14.9 Å². The summed E-state index contributed by atoms with van der Waals surface area (Å²) >= 11 is 11.9. The van der Waals surface area contributed by atoms with Crippen LogP contribution in [0.15, 0.2) is 59.6 Å². The Bertz CT molecular complexity index is 1120. The molecular formula is C19H15Cl2N3O3S. The second-order valence-electron chi connectivity index (χ2n) is 5.82. The van der Waals surface area contributed by atoms with E-state index >= 15 is 0 Å². The number of hydrogen-bond acceptors (Lipinski definition) is 5. The van der Waals surface area contributed by atoms with E-state index in [2.05, 4.69) is 15.5 Å². The number of benzene rings is 2. The topological polar surface area (TPSA) is 89.0 Å². The molecular weight excluding hydrogens is 421 g/mol. The number of aromatic nitrogens is 2. The summed E-state index contributed by atoms with van der Waals surface area (Å²) in [6.07, 6.45) is 0. The highest BCUT2D eigenvalue weighted by Gasteiger charge is 2.14. The van der Waals surface area contributed by atoms with Crippen LogP contribution in [0, 0.1) is 0 Å². The molecule has 0 aliphatic rings. The Kier molecular flexibility index (Phi) is 5.98. The van der Waals surface area contributed by atoms with Crippen molar-refractivity contribution in [1.29, 1.82) is 0 Å². The maximum atomic E-state index is 12.3. The van der Waals surface area contributed by atoms with Crippen molar-refractivity contribution in [1.82, 2.24) is 10.2 Å². The maximum Gasteiger partial charge on any atom is 0.257 e. The Balaban J connectivity index is 1.75. The highest BCUT2D eigenvalue weighted by molar-refractivity contribution is 7.91. The molecule has 0 aliphatic heterocycles. The number of anilines is 1. The average molecular weight is 436 g/mol. The summed E-state index contributed by atoms with van der Waals surface area (Å²) in [4.78, 5) is 12.3. The Morgan fingerprint density at radius 3 is 2.29 bits per heavy atom. The van der Waals surface area contributed by atoms with Crippen molar-refractivity contribution in [2.45, 2.75) is 11.9 Å². The SMILES string of the molecule is CCS(=O)(=O)c1ccc(-c2ccc(NC(=O)c3ccc(Cl)cc3Cl)cc2)nn1. The molecule has 1 heterocycles. The van der Waals surface area contributed by atoms with Crippen LogP contribution in [-0.2, 0) is 9.84 Å². The van der Waals surface area contributed by atoms with E-state index in [-0.39, 0.29) is 21.7 Å². The summed E-state index contributed by atoms with van der Waals surface area (Å²) in [6, 6.07) is 14.6. The molecule has 28 heavy (non-hydrogen) atoms. The van der Waals surface area contributed by atoms with Gasteiger partial charge in [0.25, 0.3) is 5.91 Å². The minimum atomic E-state index is -3.39. The summed E-state index contributed by atoms with van der Waals surface area (Å²) in [5.41, 5.74) is 2.13. The summed E-state index contributed by atoms with van der Waals surface area (Å²) in [5.74, 6) is -0.393. The minimum absolute atomic E-state index is 0.0347. The highest BCUT2D eigenvalue weighted by atomic mass is 35.5. The molecule has 0 aliphatic carbocycles. The summed E-state index contributed by atoms with van der Waals surface area (Å²) in [5, 5.41) is 11.2. The molecule has 0 unspecified atom stereocenters. The third-order valence-corrected chi connectivity index (χ3v) is 6.12. The van der Waals surface area contributed by atoms with E-state index < -0.39 is 9.84 Å². The third-order valence-electron chi connectivity index (χ3n) is 3.95. The van der Waals surface area contributed by atoms with Crippen molar-refractivity contribution in [2.24, 2.45) is 0 Å². The fraction of sp³-hybridized carbons (Fsp3) is 0.105. The van der Waals surface area contributed by atoms with Crippen LogP contribution in [0.1, 0.15) is 17.3 Å². The quantitative estimate of drug-likeness (QED) is 0.637. The van der Waals surface area contributed by atoms with Gasteiger partial charge in [-0.3, -0.25) is 4.79 Å². The summed E-state index contributed by atoms with van der Waals surface area (Å²) < 4.78 is 23.6. The molecule has 1 N–H and O–H groups in total. The van der Waals surface area contributed by atoms with E-state index in [1.54, 1.807) is 49.4 Å². The van der Waals surface area contributed by atoms with Gasteiger partial charge < -0.3 is 5.32 Å². The number of hydrogen-bond donors (Lipinski definition) is 1. The highest BCUT2D eigenvalue weighted by Crippen LogP contribution is 2.23. The number of carbonyl (C=O) groups is 1.